The van der Waals surface area contributed by atoms with E-state index in [0.29, 0.717) is 0 Å². The Balaban J connectivity index is 2.54. The zero-order chi connectivity index (χ0) is 12.5. The van der Waals surface area contributed by atoms with Crippen LogP contribution in [0.5, 0.6) is 0 Å². The summed E-state index contributed by atoms with van der Waals surface area (Å²) in [5.74, 6) is 0.791. The van der Waals surface area contributed by atoms with Gasteiger partial charge in [0.15, 0.2) is 0 Å². The molecule has 0 aliphatic carbocycles. The Bertz CT molecular complexity index is 498. The normalized spacial score (nSPS) is 11.8. The van der Waals surface area contributed by atoms with E-state index in [-0.39, 0.29) is 12.0 Å². The molecule has 4 heteroatoms. The molecule has 90 valence electrons. The predicted octanol–water partition coefficient (Wildman–Crippen LogP) is 2.06. The number of aliphatic hydroxyl groups excluding tert-OH is 1. The van der Waals surface area contributed by atoms with E-state index in [2.05, 4.69) is 30.7 Å². The average Bonchev–Trinajstić information content (AvgIpc) is 2.80. The molecular formula is C13H17N3O. The van der Waals surface area contributed by atoms with Crippen LogP contribution in [0.1, 0.15) is 32.0 Å². The van der Waals surface area contributed by atoms with E-state index in [4.69, 9.17) is 0 Å². The van der Waals surface area contributed by atoms with Gasteiger partial charge in [0.1, 0.15) is 12.1 Å². The number of aliphatic hydroxyl groups is 1. The molecule has 17 heavy (non-hydrogen) atoms. The van der Waals surface area contributed by atoms with Crippen LogP contribution in [0.3, 0.4) is 0 Å². The molecule has 0 saturated heterocycles. The number of hydrogen-bond donors (Lipinski definition) is 1. The standard InChI is InChI=1S/C13H17N3O/c1-13(2,3)11-6-10(8-17)7-12(15-11)16-5-4-14-9-16/h4-7,9,17H,8H2,1-3H3. The first-order valence-electron chi connectivity index (χ1n) is 5.61. The highest BCUT2D eigenvalue weighted by Gasteiger charge is 2.17. The summed E-state index contributed by atoms with van der Waals surface area (Å²) in [5, 5.41) is 9.30. The molecular weight excluding hydrogens is 214 g/mol. The topological polar surface area (TPSA) is 50.9 Å². The van der Waals surface area contributed by atoms with Gasteiger partial charge in [-0.25, -0.2) is 9.97 Å². The molecule has 0 atom stereocenters. The van der Waals surface area contributed by atoms with E-state index in [1.54, 1.807) is 12.5 Å². The van der Waals surface area contributed by atoms with Gasteiger partial charge in [-0.3, -0.25) is 4.57 Å². The second-order valence-electron chi connectivity index (χ2n) is 5.10. The van der Waals surface area contributed by atoms with Crippen molar-refractivity contribution in [3.63, 3.8) is 0 Å². The van der Waals surface area contributed by atoms with Gasteiger partial charge in [0.05, 0.1) is 6.61 Å². The summed E-state index contributed by atoms with van der Waals surface area (Å²) >= 11 is 0. The molecule has 2 aromatic heterocycles. The van der Waals surface area contributed by atoms with Crippen LogP contribution in [0.15, 0.2) is 30.9 Å². The molecule has 2 heterocycles. The van der Waals surface area contributed by atoms with E-state index in [1.165, 1.54) is 0 Å². The number of hydrogen-bond acceptors (Lipinski definition) is 3. The Morgan fingerprint density at radius 1 is 1.29 bits per heavy atom. The van der Waals surface area contributed by atoms with Gasteiger partial charge in [-0.2, -0.15) is 0 Å². The zero-order valence-corrected chi connectivity index (χ0v) is 10.4. The molecule has 2 aromatic rings. The second-order valence-corrected chi connectivity index (χ2v) is 5.10. The van der Waals surface area contributed by atoms with Crippen LogP contribution in [0, 0.1) is 0 Å². The molecule has 2 rings (SSSR count). The molecule has 0 aliphatic heterocycles. The fourth-order valence-electron chi connectivity index (χ4n) is 1.57. The van der Waals surface area contributed by atoms with Gasteiger partial charge in [-0.1, -0.05) is 20.8 Å². The summed E-state index contributed by atoms with van der Waals surface area (Å²) < 4.78 is 1.84. The fourth-order valence-corrected chi connectivity index (χ4v) is 1.57. The van der Waals surface area contributed by atoms with Crippen LogP contribution in [-0.2, 0) is 12.0 Å². The molecule has 0 bridgehead atoms. The lowest BCUT2D eigenvalue weighted by molar-refractivity contribution is 0.281. The maximum atomic E-state index is 9.30. The Morgan fingerprint density at radius 2 is 2.06 bits per heavy atom. The minimum absolute atomic E-state index is 0.0211. The molecule has 0 aliphatic rings. The average molecular weight is 231 g/mol. The highest BCUT2D eigenvalue weighted by atomic mass is 16.3. The monoisotopic (exact) mass is 231 g/mol. The molecule has 0 spiro atoms. The van der Waals surface area contributed by atoms with Crippen LogP contribution >= 0.6 is 0 Å². The summed E-state index contributed by atoms with van der Waals surface area (Å²) in [4.78, 5) is 8.61. The van der Waals surface area contributed by atoms with Gasteiger partial charge in [0, 0.05) is 23.5 Å². The van der Waals surface area contributed by atoms with Gasteiger partial charge in [-0.15, -0.1) is 0 Å². The lowest BCUT2D eigenvalue weighted by Gasteiger charge is -2.19. The molecule has 0 amide bonds. The smallest absolute Gasteiger partial charge is 0.138 e. The minimum atomic E-state index is -0.0412. The molecule has 0 aromatic carbocycles. The Morgan fingerprint density at radius 3 is 2.59 bits per heavy atom. The van der Waals surface area contributed by atoms with Crippen molar-refractivity contribution in [3.8, 4) is 5.82 Å². The van der Waals surface area contributed by atoms with Crippen LogP contribution < -0.4 is 0 Å². The van der Waals surface area contributed by atoms with Gasteiger partial charge in [0.2, 0.25) is 0 Å². The largest absolute Gasteiger partial charge is 0.392 e. The van der Waals surface area contributed by atoms with Crippen molar-refractivity contribution in [3.05, 3.63) is 42.1 Å². The lowest BCUT2D eigenvalue weighted by Crippen LogP contribution is -2.15. The third-order valence-electron chi connectivity index (χ3n) is 2.59. The van der Waals surface area contributed by atoms with Crippen molar-refractivity contribution in [1.82, 2.24) is 14.5 Å². The number of pyridine rings is 1. The molecule has 0 radical (unpaired) electrons. The number of imidazole rings is 1. The quantitative estimate of drug-likeness (QED) is 0.860. The predicted molar refractivity (Wildman–Crippen MR) is 66.0 cm³/mol. The Labute approximate surface area is 101 Å². The lowest BCUT2D eigenvalue weighted by atomic mass is 9.91. The molecule has 0 fully saturated rings. The van der Waals surface area contributed by atoms with Crippen molar-refractivity contribution in [2.75, 3.05) is 0 Å². The summed E-state index contributed by atoms with van der Waals surface area (Å²) in [5.41, 5.74) is 1.79. The summed E-state index contributed by atoms with van der Waals surface area (Å²) in [6.07, 6.45) is 5.26. The SMILES string of the molecule is CC(C)(C)c1cc(CO)cc(-n2ccnc2)n1. The maximum absolute atomic E-state index is 9.30. The van der Waals surface area contributed by atoms with Crippen molar-refractivity contribution in [1.29, 1.82) is 0 Å². The van der Waals surface area contributed by atoms with E-state index < -0.39 is 0 Å². The van der Waals surface area contributed by atoms with Crippen LogP contribution in [0.2, 0.25) is 0 Å². The van der Waals surface area contributed by atoms with Crippen molar-refractivity contribution < 1.29 is 5.11 Å². The zero-order valence-electron chi connectivity index (χ0n) is 10.4. The second kappa shape index (κ2) is 4.30. The Hall–Kier alpha value is -1.68. The van der Waals surface area contributed by atoms with Gasteiger partial charge < -0.3 is 5.11 Å². The first kappa shape index (κ1) is 11.8. The van der Waals surface area contributed by atoms with Crippen LogP contribution in [0.4, 0.5) is 0 Å². The third-order valence-corrected chi connectivity index (χ3v) is 2.59. The first-order valence-corrected chi connectivity index (χ1v) is 5.61. The molecule has 0 saturated carbocycles. The summed E-state index contributed by atoms with van der Waals surface area (Å²) in [7, 11) is 0. The van der Waals surface area contributed by atoms with Crippen LogP contribution in [0.25, 0.3) is 5.82 Å². The molecule has 0 unspecified atom stereocenters. The number of nitrogens with zero attached hydrogens (tertiary/aromatic N) is 3. The summed E-state index contributed by atoms with van der Waals surface area (Å²) in [6.45, 7) is 6.34. The van der Waals surface area contributed by atoms with Crippen molar-refractivity contribution in [2.45, 2.75) is 32.8 Å². The molecule has 4 nitrogen and oxygen atoms in total. The minimum Gasteiger partial charge on any atom is -0.392 e. The third kappa shape index (κ3) is 2.53. The first-order chi connectivity index (χ1) is 8.00. The van der Waals surface area contributed by atoms with Crippen molar-refractivity contribution >= 4 is 0 Å². The van der Waals surface area contributed by atoms with Gasteiger partial charge in [-0.05, 0) is 17.7 Å². The van der Waals surface area contributed by atoms with E-state index >= 15 is 0 Å². The highest BCUT2D eigenvalue weighted by Crippen LogP contribution is 2.22. The van der Waals surface area contributed by atoms with E-state index in [0.717, 1.165) is 17.1 Å². The van der Waals surface area contributed by atoms with Gasteiger partial charge >= 0.3 is 0 Å². The fraction of sp³-hybridized carbons (Fsp3) is 0.385. The Kier molecular flexibility index (Phi) is 2.98. The number of rotatable bonds is 2. The maximum Gasteiger partial charge on any atom is 0.138 e. The number of aromatic nitrogens is 3. The van der Waals surface area contributed by atoms with Crippen molar-refractivity contribution in [2.24, 2.45) is 0 Å². The van der Waals surface area contributed by atoms with E-state index in [1.807, 2.05) is 22.9 Å². The summed E-state index contributed by atoms with van der Waals surface area (Å²) in [6, 6.07) is 3.82. The highest BCUT2D eigenvalue weighted by molar-refractivity contribution is 5.33. The van der Waals surface area contributed by atoms with E-state index in [9.17, 15) is 5.11 Å². The van der Waals surface area contributed by atoms with Crippen LogP contribution in [-0.4, -0.2) is 19.6 Å². The molecule has 1 N–H and O–H groups in total. The van der Waals surface area contributed by atoms with Gasteiger partial charge in [0.25, 0.3) is 0 Å².